The van der Waals surface area contributed by atoms with Crippen molar-refractivity contribution in [2.75, 3.05) is 46.2 Å². The molecule has 7 nitrogen and oxygen atoms in total. The fraction of sp³-hybridized carbons (Fsp3) is 0.600. The Bertz CT molecular complexity index is 481. The molecule has 0 N–H and O–H groups in total. The first-order chi connectivity index (χ1) is 12.8. The summed E-state index contributed by atoms with van der Waals surface area (Å²) in [4.78, 5) is 22.5. The molecule has 0 amide bonds. The van der Waals surface area contributed by atoms with E-state index in [-0.39, 0.29) is 26.4 Å². The molecule has 0 aliphatic carbocycles. The number of carbonyl (C=O) groups excluding carboxylic acids is 2. The van der Waals surface area contributed by atoms with Gasteiger partial charge >= 0.3 is 11.9 Å². The van der Waals surface area contributed by atoms with E-state index in [9.17, 15) is 9.59 Å². The van der Waals surface area contributed by atoms with Crippen LogP contribution in [0.1, 0.15) is 26.7 Å². The van der Waals surface area contributed by atoms with Gasteiger partial charge in [0, 0.05) is 11.1 Å². The third-order valence-corrected chi connectivity index (χ3v) is 3.53. The zero-order chi connectivity index (χ0) is 20.7. The van der Waals surface area contributed by atoms with Gasteiger partial charge < -0.3 is 23.7 Å². The molecule has 0 heterocycles. The van der Waals surface area contributed by atoms with E-state index in [2.05, 4.69) is 27.0 Å². The van der Waals surface area contributed by atoms with Crippen LogP contribution in [0.4, 0.5) is 0 Å². The van der Waals surface area contributed by atoms with Crippen molar-refractivity contribution in [3.05, 3.63) is 38.2 Å². The van der Waals surface area contributed by atoms with Gasteiger partial charge in [0.1, 0.15) is 13.2 Å². The second-order valence-electron chi connectivity index (χ2n) is 6.03. The van der Waals surface area contributed by atoms with E-state index in [4.69, 9.17) is 23.7 Å². The molecule has 0 bridgehead atoms. The fourth-order valence-corrected chi connectivity index (χ4v) is 1.77. The highest BCUT2D eigenvalue weighted by Gasteiger charge is 2.27. The monoisotopic (exact) mass is 384 g/mol. The van der Waals surface area contributed by atoms with Crippen LogP contribution in [0.25, 0.3) is 0 Å². The quantitative estimate of drug-likeness (QED) is 0.230. The first-order valence-corrected chi connectivity index (χ1v) is 8.81. The third kappa shape index (κ3) is 11.6. The number of hydrogen-bond acceptors (Lipinski definition) is 7. The molecule has 0 aromatic rings. The van der Waals surface area contributed by atoms with Crippen molar-refractivity contribution in [1.82, 2.24) is 0 Å². The maximum absolute atomic E-state index is 11.3. The van der Waals surface area contributed by atoms with Crippen molar-refractivity contribution in [3.63, 3.8) is 0 Å². The Morgan fingerprint density at radius 2 is 1.19 bits per heavy atom. The molecular weight excluding hydrogens is 352 g/mol. The summed E-state index contributed by atoms with van der Waals surface area (Å²) >= 11 is 0. The van der Waals surface area contributed by atoms with E-state index in [1.54, 1.807) is 13.8 Å². The van der Waals surface area contributed by atoms with Crippen molar-refractivity contribution in [2.45, 2.75) is 32.3 Å². The molecule has 0 unspecified atom stereocenters. The van der Waals surface area contributed by atoms with E-state index in [0.29, 0.717) is 43.8 Å². The molecule has 154 valence electrons. The molecule has 0 aliphatic heterocycles. The highest BCUT2D eigenvalue weighted by Crippen LogP contribution is 2.20. The predicted octanol–water partition coefficient (Wildman–Crippen LogP) is 2.46. The average molecular weight is 384 g/mol. The van der Waals surface area contributed by atoms with Crippen LogP contribution in [0.5, 0.6) is 0 Å². The van der Waals surface area contributed by atoms with Gasteiger partial charge in [-0.15, -0.1) is 0 Å². The highest BCUT2D eigenvalue weighted by atomic mass is 16.6. The molecule has 7 heteroatoms. The molecule has 2 radical (unpaired) electrons. The molecule has 27 heavy (non-hydrogen) atoms. The molecular formula is C20H32O7. The normalized spacial score (nSPS) is 11.1. The number of carbonyl (C=O) groups is 2. The lowest BCUT2D eigenvalue weighted by Gasteiger charge is -2.31. The van der Waals surface area contributed by atoms with Crippen LogP contribution < -0.4 is 0 Å². The van der Waals surface area contributed by atoms with E-state index in [1.165, 1.54) is 0 Å². The third-order valence-electron chi connectivity index (χ3n) is 3.53. The van der Waals surface area contributed by atoms with Crippen LogP contribution in [-0.2, 0) is 33.3 Å². The Morgan fingerprint density at radius 3 is 1.67 bits per heavy atom. The van der Waals surface area contributed by atoms with Gasteiger partial charge in [0.2, 0.25) is 0 Å². The van der Waals surface area contributed by atoms with Gasteiger partial charge in [0.05, 0.1) is 38.6 Å². The van der Waals surface area contributed by atoms with Gasteiger partial charge in [0.25, 0.3) is 0 Å². The molecule has 0 fully saturated rings. The number of esters is 2. The average Bonchev–Trinajstić information content (AvgIpc) is 2.65. The summed E-state index contributed by atoms with van der Waals surface area (Å²) in [5.41, 5.74) is 0.0471. The van der Waals surface area contributed by atoms with E-state index in [0.717, 1.165) is 0 Å². The van der Waals surface area contributed by atoms with Crippen LogP contribution in [0, 0.1) is 13.8 Å². The first kappa shape index (κ1) is 25.3. The van der Waals surface area contributed by atoms with E-state index >= 15 is 0 Å². The minimum absolute atomic E-state index is 0.124. The van der Waals surface area contributed by atoms with E-state index in [1.807, 2.05) is 0 Å². The minimum Gasteiger partial charge on any atom is -0.460 e. The largest absolute Gasteiger partial charge is 0.460 e. The van der Waals surface area contributed by atoms with Gasteiger partial charge in [-0.3, -0.25) is 0 Å². The molecule has 0 aromatic carbocycles. The van der Waals surface area contributed by atoms with Crippen LogP contribution >= 0.6 is 0 Å². The Balaban J connectivity index is 3.93. The van der Waals surface area contributed by atoms with Crippen molar-refractivity contribution < 1.29 is 33.3 Å². The van der Waals surface area contributed by atoms with Gasteiger partial charge in [0.15, 0.2) is 0 Å². The van der Waals surface area contributed by atoms with Gasteiger partial charge in [-0.2, -0.15) is 0 Å². The Morgan fingerprint density at radius 1 is 0.741 bits per heavy atom. The number of rotatable bonds is 16. The van der Waals surface area contributed by atoms with Crippen LogP contribution in [-0.4, -0.2) is 63.8 Å². The molecule has 0 spiro atoms. The van der Waals surface area contributed by atoms with Gasteiger partial charge in [-0.1, -0.05) is 27.0 Å². The second-order valence-corrected chi connectivity index (χ2v) is 6.03. The number of ether oxygens (including phenoxy) is 5. The molecule has 0 saturated carbocycles. The summed E-state index contributed by atoms with van der Waals surface area (Å²) in [5.74, 6) is -0.882. The molecule has 0 aliphatic rings. The fourth-order valence-electron chi connectivity index (χ4n) is 1.77. The summed E-state index contributed by atoms with van der Waals surface area (Å²) < 4.78 is 26.6. The Labute approximate surface area is 162 Å². The summed E-state index contributed by atoms with van der Waals surface area (Å²) in [5, 5.41) is 0. The smallest absolute Gasteiger partial charge is 0.333 e. The van der Waals surface area contributed by atoms with Crippen LogP contribution in [0.3, 0.4) is 0 Å². The summed E-state index contributed by atoms with van der Waals surface area (Å²) in [6.45, 7) is 19.7. The highest BCUT2D eigenvalue weighted by molar-refractivity contribution is 5.87. The zero-order valence-corrected chi connectivity index (χ0v) is 16.6. The predicted molar refractivity (Wildman–Crippen MR) is 102 cm³/mol. The Kier molecular flexibility index (Phi) is 13.5. The molecule has 0 saturated heterocycles. The summed E-state index contributed by atoms with van der Waals surface area (Å²) in [6, 6.07) is 0. The Hall–Kier alpha value is -1.70. The van der Waals surface area contributed by atoms with Crippen molar-refractivity contribution >= 4 is 11.9 Å². The van der Waals surface area contributed by atoms with Crippen LogP contribution in [0.15, 0.2) is 24.3 Å². The van der Waals surface area contributed by atoms with Crippen LogP contribution in [0.2, 0.25) is 0 Å². The molecule has 0 rings (SSSR count). The summed E-state index contributed by atoms with van der Waals surface area (Å²) in [6.07, 6.45) is 0.922. The van der Waals surface area contributed by atoms with Crippen molar-refractivity contribution in [1.29, 1.82) is 0 Å². The first-order valence-electron chi connectivity index (χ1n) is 8.81. The second kappa shape index (κ2) is 14.4. The minimum atomic E-state index is -0.646. The summed E-state index contributed by atoms with van der Waals surface area (Å²) in [7, 11) is 0. The maximum atomic E-state index is 11.3. The van der Waals surface area contributed by atoms with Gasteiger partial charge in [-0.05, 0) is 26.7 Å². The standard InChI is InChI=1S/C20H32O7/c1-7-20(8-2,27-14-13-26-19(22)17(5)6)15-24-10-9-23-11-12-25-18(21)16(3)4/h1-3,5,7-15H2,4,6H3. The molecule has 0 aromatic heterocycles. The van der Waals surface area contributed by atoms with Gasteiger partial charge in [-0.25, -0.2) is 9.59 Å². The lowest BCUT2D eigenvalue weighted by Crippen LogP contribution is -2.38. The lowest BCUT2D eigenvalue weighted by atomic mass is 9.98. The van der Waals surface area contributed by atoms with Crippen molar-refractivity contribution in [2.24, 2.45) is 0 Å². The lowest BCUT2D eigenvalue weighted by molar-refractivity contribution is -0.146. The van der Waals surface area contributed by atoms with Crippen molar-refractivity contribution in [3.8, 4) is 0 Å². The SMILES string of the molecule is [CH2]CC(C[CH2])(COCCOCCOC(=O)C(=C)C)OCCOC(=O)C(=C)C. The molecule has 0 atom stereocenters. The zero-order valence-electron chi connectivity index (χ0n) is 16.6. The number of hydrogen-bond donors (Lipinski definition) is 0. The maximum Gasteiger partial charge on any atom is 0.333 e. The topological polar surface area (TPSA) is 80.3 Å². The van der Waals surface area contributed by atoms with E-state index < -0.39 is 17.5 Å².